The van der Waals surface area contributed by atoms with E-state index in [9.17, 15) is 9.18 Å². The van der Waals surface area contributed by atoms with Crippen LogP contribution < -0.4 is 10.6 Å². The third kappa shape index (κ3) is 3.57. The van der Waals surface area contributed by atoms with E-state index in [4.69, 9.17) is 0 Å². The first kappa shape index (κ1) is 15.0. The maximum atomic E-state index is 13.4. The molecule has 0 saturated carbocycles. The quantitative estimate of drug-likeness (QED) is 0.872. The molecule has 0 aromatic heterocycles. The number of rotatable bonds is 2. The summed E-state index contributed by atoms with van der Waals surface area (Å²) in [5, 5.41) is 6.40. The lowest BCUT2D eigenvalue weighted by atomic mass is 9.85. The minimum absolute atomic E-state index is 0.0114. The number of amides is 1. The van der Waals surface area contributed by atoms with E-state index in [1.807, 2.05) is 26.8 Å². The Hall–Kier alpha value is -1.42. The normalized spacial score (nSPS) is 23.4. The molecule has 2 rings (SSSR count). The number of hydrogen-bond acceptors (Lipinski definition) is 2. The lowest BCUT2D eigenvalue weighted by Gasteiger charge is -2.35. The van der Waals surface area contributed by atoms with Gasteiger partial charge in [-0.25, -0.2) is 4.39 Å². The first-order valence-corrected chi connectivity index (χ1v) is 7.15. The molecule has 0 spiro atoms. The predicted molar refractivity (Wildman–Crippen MR) is 78.0 cm³/mol. The fourth-order valence-corrected chi connectivity index (χ4v) is 2.53. The van der Waals surface area contributed by atoms with Crippen molar-refractivity contribution in [1.82, 2.24) is 10.6 Å². The Morgan fingerprint density at radius 1 is 1.40 bits per heavy atom. The highest BCUT2D eigenvalue weighted by Gasteiger charge is 2.31. The second-order valence-corrected chi connectivity index (χ2v) is 6.48. The molecule has 1 fully saturated rings. The van der Waals surface area contributed by atoms with Crippen LogP contribution in [0.5, 0.6) is 0 Å². The molecule has 0 aliphatic carbocycles. The van der Waals surface area contributed by atoms with Gasteiger partial charge in [0.25, 0.3) is 0 Å². The maximum Gasteiger partial charge on any atom is 0.225 e. The SMILES string of the molecule is CC(C)(C)C(=O)NC1CNCCC1c1cccc(F)c1. The number of benzene rings is 1. The molecule has 1 amide bonds. The van der Waals surface area contributed by atoms with Crippen LogP contribution >= 0.6 is 0 Å². The van der Waals surface area contributed by atoms with E-state index in [0.29, 0.717) is 0 Å². The molecule has 1 aromatic rings. The Bertz CT molecular complexity index is 482. The van der Waals surface area contributed by atoms with Crippen LogP contribution in [0.3, 0.4) is 0 Å². The third-order valence-electron chi connectivity index (χ3n) is 3.76. The van der Waals surface area contributed by atoms with Gasteiger partial charge >= 0.3 is 0 Å². The summed E-state index contributed by atoms with van der Waals surface area (Å²) in [5.41, 5.74) is 0.551. The van der Waals surface area contributed by atoms with Crippen molar-refractivity contribution >= 4 is 5.91 Å². The highest BCUT2D eigenvalue weighted by molar-refractivity contribution is 5.81. The number of carbonyl (C=O) groups is 1. The van der Waals surface area contributed by atoms with Crippen molar-refractivity contribution in [2.45, 2.75) is 39.2 Å². The van der Waals surface area contributed by atoms with E-state index in [2.05, 4.69) is 10.6 Å². The Morgan fingerprint density at radius 3 is 2.80 bits per heavy atom. The van der Waals surface area contributed by atoms with Gasteiger partial charge in [0.1, 0.15) is 5.82 Å². The summed E-state index contributed by atoms with van der Waals surface area (Å²) in [6.45, 7) is 7.31. The van der Waals surface area contributed by atoms with Gasteiger partial charge in [0, 0.05) is 23.9 Å². The zero-order valence-electron chi connectivity index (χ0n) is 12.4. The first-order chi connectivity index (χ1) is 9.38. The number of carbonyl (C=O) groups excluding carboxylic acids is 1. The maximum absolute atomic E-state index is 13.4. The van der Waals surface area contributed by atoms with Crippen LogP contribution in [0, 0.1) is 11.2 Å². The highest BCUT2D eigenvalue weighted by Crippen LogP contribution is 2.27. The molecule has 0 radical (unpaired) electrons. The summed E-state index contributed by atoms with van der Waals surface area (Å²) < 4.78 is 13.4. The largest absolute Gasteiger partial charge is 0.351 e. The van der Waals surface area contributed by atoms with Crippen molar-refractivity contribution in [3.63, 3.8) is 0 Å². The zero-order chi connectivity index (χ0) is 14.8. The fourth-order valence-electron chi connectivity index (χ4n) is 2.53. The molecule has 1 aliphatic rings. The highest BCUT2D eigenvalue weighted by atomic mass is 19.1. The van der Waals surface area contributed by atoms with Crippen molar-refractivity contribution in [1.29, 1.82) is 0 Å². The van der Waals surface area contributed by atoms with Gasteiger partial charge in [-0.05, 0) is 30.7 Å². The Balaban J connectivity index is 2.15. The molecule has 20 heavy (non-hydrogen) atoms. The number of hydrogen-bond donors (Lipinski definition) is 2. The van der Waals surface area contributed by atoms with Crippen LogP contribution in [0.4, 0.5) is 4.39 Å². The van der Waals surface area contributed by atoms with E-state index in [0.717, 1.165) is 25.1 Å². The second-order valence-electron chi connectivity index (χ2n) is 6.48. The van der Waals surface area contributed by atoms with Gasteiger partial charge in [0.2, 0.25) is 5.91 Å². The van der Waals surface area contributed by atoms with Crippen molar-refractivity contribution in [2.24, 2.45) is 5.41 Å². The summed E-state index contributed by atoms with van der Waals surface area (Å²) in [7, 11) is 0. The van der Waals surface area contributed by atoms with Crippen molar-refractivity contribution < 1.29 is 9.18 Å². The van der Waals surface area contributed by atoms with E-state index in [-0.39, 0.29) is 23.7 Å². The standard InChI is InChI=1S/C16H23FN2O/c1-16(2,3)15(20)19-14-10-18-8-7-13(14)11-5-4-6-12(17)9-11/h4-6,9,13-14,18H,7-8,10H2,1-3H3,(H,19,20). The third-order valence-corrected chi connectivity index (χ3v) is 3.76. The molecular weight excluding hydrogens is 255 g/mol. The second kappa shape index (κ2) is 5.92. The average Bonchev–Trinajstić information content (AvgIpc) is 2.38. The summed E-state index contributed by atoms with van der Waals surface area (Å²) in [5.74, 6) is -0.0206. The topological polar surface area (TPSA) is 41.1 Å². The van der Waals surface area contributed by atoms with Crippen molar-refractivity contribution in [2.75, 3.05) is 13.1 Å². The molecule has 110 valence electrons. The van der Waals surface area contributed by atoms with Gasteiger partial charge in [-0.3, -0.25) is 4.79 Å². The number of nitrogens with one attached hydrogen (secondary N) is 2. The van der Waals surface area contributed by atoms with Gasteiger partial charge in [-0.2, -0.15) is 0 Å². The molecule has 1 saturated heterocycles. The van der Waals surface area contributed by atoms with Crippen LogP contribution in [0.15, 0.2) is 24.3 Å². The molecule has 1 aliphatic heterocycles. The Labute approximate surface area is 120 Å². The molecule has 4 heteroatoms. The van der Waals surface area contributed by atoms with Crippen molar-refractivity contribution in [3.05, 3.63) is 35.6 Å². The van der Waals surface area contributed by atoms with E-state index >= 15 is 0 Å². The van der Waals surface area contributed by atoms with Crippen LogP contribution in [-0.4, -0.2) is 25.0 Å². The summed E-state index contributed by atoms with van der Waals surface area (Å²) in [6.07, 6.45) is 0.901. The summed E-state index contributed by atoms with van der Waals surface area (Å²) in [6, 6.07) is 6.71. The molecule has 1 heterocycles. The fraction of sp³-hybridized carbons (Fsp3) is 0.562. The van der Waals surface area contributed by atoms with Crippen molar-refractivity contribution in [3.8, 4) is 0 Å². The minimum atomic E-state index is -0.413. The molecule has 1 aromatic carbocycles. The Morgan fingerprint density at radius 2 is 2.15 bits per heavy atom. The smallest absolute Gasteiger partial charge is 0.225 e. The van der Waals surface area contributed by atoms with Crippen LogP contribution in [0.25, 0.3) is 0 Å². The van der Waals surface area contributed by atoms with Gasteiger partial charge < -0.3 is 10.6 Å². The number of piperidine rings is 1. The predicted octanol–water partition coefficient (Wildman–Crippen LogP) is 2.43. The first-order valence-electron chi connectivity index (χ1n) is 7.15. The number of halogens is 1. The molecule has 2 N–H and O–H groups in total. The lowest BCUT2D eigenvalue weighted by Crippen LogP contribution is -2.52. The van der Waals surface area contributed by atoms with Crippen LogP contribution in [0.2, 0.25) is 0 Å². The summed E-state index contributed by atoms with van der Waals surface area (Å²) in [4.78, 5) is 12.2. The molecular formula is C16H23FN2O. The molecule has 2 unspecified atom stereocenters. The van der Waals surface area contributed by atoms with Crippen LogP contribution in [-0.2, 0) is 4.79 Å². The average molecular weight is 278 g/mol. The molecule has 3 nitrogen and oxygen atoms in total. The summed E-state index contributed by atoms with van der Waals surface area (Å²) >= 11 is 0. The molecule has 0 bridgehead atoms. The van der Waals surface area contributed by atoms with Gasteiger partial charge in [0.05, 0.1) is 0 Å². The van der Waals surface area contributed by atoms with Gasteiger partial charge in [0.15, 0.2) is 0 Å². The Kier molecular flexibility index (Phi) is 4.43. The van der Waals surface area contributed by atoms with Gasteiger partial charge in [-0.1, -0.05) is 32.9 Å². The molecule has 2 atom stereocenters. The lowest BCUT2D eigenvalue weighted by molar-refractivity contribution is -0.129. The van der Waals surface area contributed by atoms with Gasteiger partial charge in [-0.15, -0.1) is 0 Å². The van der Waals surface area contributed by atoms with E-state index in [1.54, 1.807) is 12.1 Å². The van der Waals surface area contributed by atoms with E-state index < -0.39 is 5.41 Å². The van der Waals surface area contributed by atoms with Crippen LogP contribution in [0.1, 0.15) is 38.7 Å². The zero-order valence-corrected chi connectivity index (χ0v) is 12.4. The monoisotopic (exact) mass is 278 g/mol. The minimum Gasteiger partial charge on any atom is -0.351 e. The van der Waals surface area contributed by atoms with E-state index in [1.165, 1.54) is 6.07 Å².